The van der Waals surface area contributed by atoms with Crippen molar-refractivity contribution in [1.82, 2.24) is 5.32 Å². The first-order valence-corrected chi connectivity index (χ1v) is 9.52. The van der Waals surface area contributed by atoms with Crippen molar-refractivity contribution >= 4 is 22.6 Å². The summed E-state index contributed by atoms with van der Waals surface area (Å²) in [6, 6.07) is 17.5. The van der Waals surface area contributed by atoms with Gasteiger partial charge in [-0.1, -0.05) is 48.5 Å². The van der Waals surface area contributed by atoms with Crippen molar-refractivity contribution in [2.75, 3.05) is 12.4 Å². The van der Waals surface area contributed by atoms with Crippen LogP contribution in [0.1, 0.15) is 12.0 Å². The lowest BCUT2D eigenvalue weighted by molar-refractivity contribution is -0.130. The van der Waals surface area contributed by atoms with E-state index in [4.69, 9.17) is 10.5 Å². The van der Waals surface area contributed by atoms with Gasteiger partial charge in [-0.05, 0) is 24.1 Å². The van der Waals surface area contributed by atoms with Crippen LogP contribution in [-0.2, 0) is 31.7 Å². The molecule has 2 atom stereocenters. The largest absolute Gasteiger partial charge is 0.368 e. The predicted molar refractivity (Wildman–Crippen MR) is 99.6 cm³/mol. The number of benzene rings is 2. The van der Waals surface area contributed by atoms with Crippen molar-refractivity contribution in [3.63, 3.8) is 0 Å². The lowest BCUT2D eigenvalue weighted by atomic mass is 10.2. The van der Waals surface area contributed by atoms with E-state index in [0.29, 0.717) is 11.5 Å². The molecule has 0 heterocycles. The molecule has 0 spiro atoms. The lowest BCUT2D eigenvalue weighted by Crippen LogP contribution is -2.46. The molecule has 0 bridgehead atoms. The minimum atomic E-state index is -1.26. The Kier molecular flexibility index (Phi) is 7.98. The van der Waals surface area contributed by atoms with E-state index >= 15 is 0 Å². The summed E-state index contributed by atoms with van der Waals surface area (Å²) in [5, 5.41) is 2.54. The molecule has 2 aromatic rings. The van der Waals surface area contributed by atoms with Gasteiger partial charge in [0.15, 0.2) is 0 Å². The van der Waals surface area contributed by atoms with E-state index in [9.17, 15) is 13.8 Å². The van der Waals surface area contributed by atoms with Crippen LogP contribution in [0.4, 0.5) is 0 Å². The van der Waals surface area contributed by atoms with Crippen LogP contribution in [0.15, 0.2) is 65.6 Å². The van der Waals surface area contributed by atoms with E-state index < -0.39 is 28.7 Å². The first-order valence-electron chi connectivity index (χ1n) is 8.20. The van der Waals surface area contributed by atoms with Crippen molar-refractivity contribution in [1.29, 1.82) is 0 Å². The highest BCUT2D eigenvalue weighted by Gasteiger charge is 2.19. The molecule has 3 N–H and O–H groups in total. The van der Waals surface area contributed by atoms with Crippen molar-refractivity contribution < 1.29 is 18.5 Å². The molecule has 7 heteroatoms. The van der Waals surface area contributed by atoms with Gasteiger partial charge in [-0.15, -0.1) is 0 Å². The zero-order valence-electron chi connectivity index (χ0n) is 14.3. The second-order valence-electron chi connectivity index (χ2n) is 5.65. The first-order chi connectivity index (χ1) is 12.6. The van der Waals surface area contributed by atoms with E-state index in [1.165, 1.54) is 0 Å². The molecule has 0 aliphatic heterocycles. The third kappa shape index (κ3) is 6.78. The number of hydrogen-bond acceptors (Lipinski definition) is 4. The number of primary amides is 1. The maximum Gasteiger partial charge on any atom is 0.246 e. The van der Waals surface area contributed by atoms with E-state index in [0.717, 1.165) is 5.56 Å². The summed E-state index contributed by atoms with van der Waals surface area (Å²) in [5.41, 5.74) is 6.29. The summed E-state index contributed by atoms with van der Waals surface area (Å²) < 4.78 is 17.5. The summed E-state index contributed by atoms with van der Waals surface area (Å²) in [6.45, 7) is 0.119. The Morgan fingerprint density at radius 2 is 1.65 bits per heavy atom. The van der Waals surface area contributed by atoms with Gasteiger partial charge in [-0.25, -0.2) is 0 Å². The molecular formula is C19H22N2O4S. The average Bonchev–Trinajstić information content (AvgIpc) is 2.66. The number of amides is 2. The van der Waals surface area contributed by atoms with E-state index in [1.807, 2.05) is 36.4 Å². The lowest BCUT2D eigenvalue weighted by Gasteiger charge is -2.15. The minimum absolute atomic E-state index is 0.180. The van der Waals surface area contributed by atoms with Gasteiger partial charge < -0.3 is 15.8 Å². The van der Waals surface area contributed by atoms with Crippen LogP contribution in [0.2, 0.25) is 0 Å². The van der Waals surface area contributed by atoms with Crippen molar-refractivity contribution in [2.24, 2.45) is 5.73 Å². The highest BCUT2D eigenvalue weighted by Crippen LogP contribution is 2.08. The maximum atomic E-state index is 12.2. The second-order valence-corrected chi connectivity index (χ2v) is 7.22. The summed E-state index contributed by atoms with van der Waals surface area (Å²) in [7, 11) is -1.26. The molecule has 0 saturated heterocycles. The predicted octanol–water partition coefficient (Wildman–Crippen LogP) is 1.37. The number of nitrogens with two attached hydrogens (primary N) is 1. The number of rotatable bonds is 10. The van der Waals surface area contributed by atoms with Crippen LogP contribution in [0.3, 0.4) is 0 Å². The maximum absolute atomic E-state index is 12.2. The molecular weight excluding hydrogens is 352 g/mol. The monoisotopic (exact) mass is 374 g/mol. The van der Waals surface area contributed by atoms with Crippen molar-refractivity contribution in [3.05, 3.63) is 66.2 Å². The summed E-state index contributed by atoms with van der Waals surface area (Å²) in [6.07, 6.45) is 0.196. The fourth-order valence-electron chi connectivity index (χ4n) is 2.27. The zero-order chi connectivity index (χ0) is 18.8. The van der Waals surface area contributed by atoms with Gasteiger partial charge in [0.1, 0.15) is 12.6 Å². The van der Waals surface area contributed by atoms with Gasteiger partial charge in [0.25, 0.3) is 0 Å². The number of carbonyl (C=O) groups excluding carboxylic acids is 2. The molecule has 2 rings (SSSR count). The summed E-state index contributed by atoms with van der Waals surface area (Å²) >= 11 is 0. The Morgan fingerprint density at radius 1 is 1.04 bits per heavy atom. The van der Waals surface area contributed by atoms with Gasteiger partial charge in [0.2, 0.25) is 11.8 Å². The Hall–Kier alpha value is -2.51. The highest BCUT2D eigenvalue weighted by atomic mass is 32.2. The fraction of sp³-hybridized carbons (Fsp3) is 0.263. The first kappa shape index (κ1) is 19.8. The fourth-order valence-corrected chi connectivity index (χ4v) is 3.42. The Balaban J connectivity index is 1.77. The van der Waals surface area contributed by atoms with Gasteiger partial charge in [0, 0.05) is 10.6 Å². The summed E-state index contributed by atoms with van der Waals surface area (Å²) in [5.74, 6) is -0.871. The molecule has 0 unspecified atom stereocenters. The molecule has 2 amide bonds. The molecule has 0 aromatic heterocycles. The number of nitrogens with one attached hydrogen (secondary N) is 1. The molecule has 26 heavy (non-hydrogen) atoms. The number of carbonyl (C=O) groups is 2. The molecule has 0 aliphatic rings. The van der Waals surface area contributed by atoms with Crippen LogP contribution in [0, 0.1) is 0 Å². The van der Waals surface area contributed by atoms with Gasteiger partial charge in [0.05, 0.1) is 17.4 Å². The SMILES string of the molecule is NC(=O)[C@H](CC[S@@](=O)c1ccccc1)NC(=O)COCc1ccccc1. The Morgan fingerprint density at radius 3 is 2.27 bits per heavy atom. The van der Waals surface area contributed by atoms with Gasteiger partial charge in [-0.2, -0.15) is 0 Å². The third-order valence-electron chi connectivity index (χ3n) is 3.62. The van der Waals surface area contributed by atoms with Crippen LogP contribution in [-0.4, -0.2) is 34.4 Å². The minimum Gasteiger partial charge on any atom is -0.368 e. The molecule has 138 valence electrons. The molecule has 0 fully saturated rings. The molecule has 0 saturated carbocycles. The van der Waals surface area contributed by atoms with Crippen LogP contribution >= 0.6 is 0 Å². The standard InChI is InChI=1S/C19H22N2O4S/c20-19(23)17(11-12-26(24)16-9-5-2-6-10-16)21-18(22)14-25-13-15-7-3-1-4-8-15/h1-10,17H,11-14H2,(H2,20,23)(H,21,22)/t17-,26+/m0/s1. The van der Waals surface area contributed by atoms with E-state index in [2.05, 4.69) is 5.32 Å². The molecule has 0 radical (unpaired) electrons. The second kappa shape index (κ2) is 10.5. The van der Waals surface area contributed by atoms with Gasteiger partial charge >= 0.3 is 0 Å². The third-order valence-corrected chi connectivity index (χ3v) is 5.03. The van der Waals surface area contributed by atoms with E-state index in [1.54, 1.807) is 24.3 Å². The van der Waals surface area contributed by atoms with E-state index in [-0.39, 0.29) is 18.8 Å². The quantitative estimate of drug-likeness (QED) is 0.656. The smallest absolute Gasteiger partial charge is 0.246 e. The molecule has 0 aliphatic carbocycles. The summed E-state index contributed by atoms with van der Waals surface area (Å²) in [4.78, 5) is 24.2. The van der Waals surface area contributed by atoms with Crippen molar-refractivity contribution in [2.45, 2.75) is 24.0 Å². The number of hydrogen-bond donors (Lipinski definition) is 2. The van der Waals surface area contributed by atoms with Crippen LogP contribution in [0.25, 0.3) is 0 Å². The highest BCUT2D eigenvalue weighted by molar-refractivity contribution is 7.85. The topological polar surface area (TPSA) is 98.5 Å². The normalized spacial score (nSPS) is 12.9. The Bertz CT molecular complexity index is 738. The average molecular weight is 374 g/mol. The van der Waals surface area contributed by atoms with Crippen LogP contribution < -0.4 is 11.1 Å². The zero-order valence-corrected chi connectivity index (χ0v) is 15.1. The van der Waals surface area contributed by atoms with Gasteiger partial charge in [-0.3, -0.25) is 13.8 Å². The van der Waals surface area contributed by atoms with Crippen molar-refractivity contribution in [3.8, 4) is 0 Å². The molecule has 6 nitrogen and oxygen atoms in total. The number of ether oxygens (including phenoxy) is 1. The Labute approximate surface area is 155 Å². The molecule has 2 aromatic carbocycles. The van der Waals surface area contributed by atoms with Crippen LogP contribution in [0.5, 0.6) is 0 Å².